The Balaban J connectivity index is 1.37. The van der Waals surface area contributed by atoms with Gasteiger partial charge in [0.2, 0.25) is 0 Å². The molecule has 1 saturated carbocycles. The third kappa shape index (κ3) is 6.07. The summed E-state index contributed by atoms with van der Waals surface area (Å²) in [4.78, 5) is 66.5. The number of benzene rings is 3. The van der Waals surface area contributed by atoms with Crippen LogP contribution < -0.4 is 4.74 Å². The highest BCUT2D eigenvalue weighted by Gasteiger charge is 2.52. The van der Waals surface area contributed by atoms with Crippen molar-refractivity contribution < 1.29 is 28.7 Å². The Morgan fingerprint density at radius 2 is 1.45 bits per heavy atom. The summed E-state index contributed by atoms with van der Waals surface area (Å²) >= 11 is 17.9. The summed E-state index contributed by atoms with van der Waals surface area (Å²) in [5.41, 5.74) is 0.463. The first-order valence-electron chi connectivity index (χ1n) is 13.3. The van der Waals surface area contributed by atoms with E-state index in [1.165, 1.54) is 66.7 Å². The maximum atomic E-state index is 13.6. The Labute approximate surface area is 257 Å². The van der Waals surface area contributed by atoms with Crippen molar-refractivity contribution in [2.45, 2.75) is 26.2 Å². The number of imide groups is 1. The summed E-state index contributed by atoms with van der Waals surface area (Å²) in [7, 11) is 0. The van der Waals surface area contributed by atoms with Crippen molar-refractivity contribution in [2.75, 3.05) is 6.54 Å². The van der Waals surface area contributed by atoms with E-state index in [1.54, 1.807) is 0 Å². The molecular formula is C31H25Cl3N2O6. The van der Waals surface area contributed by atoms with Gasteiger partial charge in [0.1, 0.15) is 12.3 Å². The third-order valence-corrected chi connectivity index (χ3v) is 8.36. The monoisotopic (exact) mass is 626 g/mol. The molecule has 1 aliphatic heterocycles. The van der Waals surface area contributed by atoms with Crippen LogP contribution in [0.5, 0.6) is 5.75 Å². The van der Waals surface area contributed by atoms with Gasteiger partial charge in [0.25, 0.3) is 17.7 Å². The van der Waals surface area contributed by atoms with Crippen LogP contribution in [0.4, 0.5) is 0 Å². The lowest BCUT2D eigenvalue weighted by atomic mass is 9.76. The minimum atomic E-state index is -0.711. The average Bonchev–Trinajstić information content (AvgIpc) is 3.20. The van der Waals surface area contributed by atoms with Gasteiger partial charge in [-0.25, -0.2) is 9.80 Å². The van der Waals surface area contributed by atoms with E-state index in [0.29, 0.717) is 22.9 Å². The predicted molar refractivity (Wildman–Crippen MR) is 157 cm³/mol. The van der Waals surface area contributed by atoms with Gasteiger partial charge in [0.15, 0.2) is 5.78 Å². The molecule has 0 N–H and O–H groups in total. The van der Waals surface area contributed by atoms with Crippen molar-refractivity contribution in [2.24, 2.45) is 17.8 Å². The lowest BCUT2D eigenvalue weighted by molar-refractivity contribution is -0.154. The van der Waals surface area contributed by atoms with Crippen molar-refractivity contribution in [1.82, 2.24) is 10.0 Å². The lowest BCUT2D eigenvalue weighted by Crippen LogP contribution is -2.52. The molecule has 11 heteroatoms. The molecule has 5 rings (SSSR count). The summed E-state index contributed by atoms with van der Waals surface area (Å²) in [6.07, 6.45) is 1.90. The number of fused-ring (bicyclic) bond motifs is 1. The molecule has 1 aliphatic carbocycles. The molecule has 0 spiro atoms. The van der Waals surface area contributed by atoms with E-state index in [4.69, 9.17) is 39.5 Å². The van der Waals surface area contributed by atoms with Gasteiger partial charge < -0.3 is 4.74 Å². The minimum absolute atomic E-state index is 0.118. The molecule has 3 aromatic carbocycles. The van der Waals surface area contributed by atoms with Gasteiger partial charge in [-0.3, -0.25) is 19.2 Å². The van der Waals surface area contributed by atoms with Crippen LogP contribution in [-0.2, 0) is 9.59 Å². The van der Waals surface area contributed by atoms with Crippen molar-refractivity contribution in [3.63, 3.8) is 0 Å². The number of rotatable bonds is 7. The number of carbonyl (C=O) groups excluding carboxylic acids is 5. The molecule has 3 amide bonds. The fraction of sp³-hybridized carbons (Fsp3) is 0.258. The second-order valence-electron chi connectivity index (χ2n) is 10.5. The van der Waals surface area contributed by atoms with Gasteiger partial charge in [-0.1, -0.05) is 41.7 Å². The Morgan fingerprint density at radius 3 is 2.12 bits per heavy atom. The lowest BCUT2D eigenvalue weighted by Gasteiger charge is -2.30. The fourth-order valence-electron chi connectivity index (χ4n) is 5.34. The van der Waals surface area contributed by atoms with Crippen LogP contribution in [0.15, 0.2) is 66.7 Å². The van der Waals surface area contributed by atoms with Crippen LogP contribution in [0.3, 0.4) is 0 Å². The molecule has 3 aromatic rings. The summed E-state index contributed by atoms with van der Waals surface area (Å²) in [5.74, 6) is -3.50. The van der Waals surface area contributed by atoms with E-state index >= 15 is 0 Å². The molecular weight excluding hydrogens is 603 g/mol. The van der Waals surface area contributed by atoms with E-state index in [1.807, 2.05) is 6.92 Å². The number of ketones is 1. The van der Waals surface area contributed by atoms with Gasteiger partial charge in [-0.15, -0.1) is 0 Å². The van der Waals surface area contributed by atoms with E-state index < -0.39 is 47.9 Å². The van der Waals surface area contributed by atoms with Crippen molar-refractivity contribution in [1.29, 1.82) is 0 Å². The molecule has 0 aromatic heterocycles. The summed E-state index contributed by atoms with van der Waals surface area (Å²) in [5, 5.41) is 2.68. The first-order valence-corrected chi connectivity index (χ1v) is 14.4. The number of nitrogens with zero attached hydrogens (tertiary/aromatic N) is 2. The average molecular weight is 628 g/mol. The van der Waals surface area contributed by atoms with Gasteiger partial charge in [-0.2, -0.15) is 5.01 Å². The molecule has 3 atom stereocenters. The van der Waals surface area contributed by atoms with E-state index in [2.05, 4.69) is 0 Å². The smallest absolute Gasteiger partial charge is 0.345 e. The quantitative estimate of drug-likeness (QED) is 0.128. The van der Waals surface area contributed by atoms with Crippen LogP contribution in [0.1, 0.15) is 57.3 Å². The molecule has 0 radical (unpaired) electrons. The van der Waals surface area contributed by atoms with Crippen molar-refractivity contribution in [3.8, 4) is 5.75 Å². The van der Waals surface area contributed by atoms with Crippen LogP contribution in [0.2, 0.25) is 15.1 Å². The van der Waals surface area contributed by atoms with Crippen LogP contribution in [0.25, 0.3) is 0 Å². The predicted octanol–water partition coefficient (Wildman–Crippen LogP) is 6.53. The molecule has 1 heterocycles. The third-order valence-electron chi connectivity index (χ3n) is 7.56. The number of amides is 3. The first kappa shape index (κ1) is 29.8. The second-order valence-corrected chi connectivity index (χ2v) is 11.7. The van der Waals surface area contributed by atoms with Gasteiger partial charge in [0.05, 0.1) is 22.4 Å². The number of halogens is 3. The molecule has 0 unspecified atom stereocenters. The van der Waals surface area contributed by atoms with Gasteiger partial charge >= 0.3 is 5.97 Å². The fourth-order valence-corrected chi connectivity index (χ4v) is 5.95. The van der Waals surface area contributed by atoms with E-state index in [0.717, 1.165) is 16.4 Å². The van der Waals surface area contributed by atoms with Crippen molar-refractivity contribution in [3.05, 3.63) is 98.5 Å². The summed E-state index contributed by atoms with van der Waals surface area (Å²) in [6, 6.07) is 16.0. The highest BCUT2D eigenvalue weighted by Crippen LogP contribution is 2.41. The number of esters is 1. The maximum Gasteiger partial charge on any atom is 0.345 e. The number of hydrazine groups is 1. The number of ether oxygens (including phenoxy) is 1. The largest absolute Gasteiger partial charge is 0.423 e. The normalized spacial score (nSPS) is 19.8. The zero-order valence-corrected chi connectivity index (χ0v) is 24.7. The SMILES string of the molecule is C[C@@H]1CC[C@H]2C(=O)N(N(CC(=O)c3ccc(OC(=O)c4ccc(Cl)cc4Cl)cc3)C(=O)c3ccc(Cl)cc3)C(=O)[C@@H]2C1. The Morgan fingerprint density at radius 1 is 0.833 bits per heavy atom. The zero-order chi connectivity index (χ0) is 30.1. The van der Waals surface area contributed by atoms with E-state index in [-0.39, 0.29) is 33.4 Å². The number of hydrogen-bond acceptors (Lipinski definition) is 6. The van der Waals surface area contributed by atoms with Gasteiger partial charge in [0, 0.05) is 21.2 Å². The van der Waals surface area contributed by atoms with Gasteiger partial charge in [-0.05, 0) is 91.9 Å². The molecule has 8 nitrogen and oxygen atoms in total. The summed E-state index contributed by atoms with van der Waals surface area (Å²) in [6.45, 7) is 1.47. The van der Waals surface area contributed by atoms with E-state index in [9.17, 15) is 24.0 Å². The first-order chi connectivity index (χ1) is 20.0. The van der Waals surface area contributed by atoms with Crippen LogP contribution in [0, 0.1) is 17.8 Å². The molecule has 0 bridgehead atoms. The molecule has 42 heavy (non-hydrogen) atoms. The highest BCUT2D eigenvalue weighted by atomic mass is 35.5. The summed E-state index contributed by atoms with van der Waals surface area (Å²) < 4.78 is 5.36. The number of Topliss-reactive ketones (excluding diaryl/α,β-unsaturated/α-hetero) is 1. The standard InChI is InChI=1S/C31H25Cl3N2O6/c1-17-2-12-23-25(14-17)30(40)36(29(23)39)35(28(38)19-3-7-20(32)8-4-19)16-27(37)18-5-10-22(11-6-18)42-31(41)24-13-9-21(33)15-26(24)34/h3-11,13,15,17,23,25H,2,12,14,16H2,1H3/t17-,23-,25-/m1/s1. The maximum absolute atomic E-state index is 13.6. The van der Waals surface area contributed by atoms with Crippen molar-refractivity contribution >= 4 is 64.3 Å². The minimum Gasteiger partial charge on any atom is -0.423 e. The second kappa shape index (κ2) is 12.3. The Hall–Kier alpha value is -3.72. The highest BCUT2D eigenvalue weighted by molar-refractivity contribution is 6.36. The zero-order valence-electron chi connectivity index (χ0n) is 22.4. The van der Waals surface area contributed by atoms with Crippen LogP contribution >= 0.6 is 34.8 Å². The molecule has 2 fully saturated rings. The molecule has 1 saturated heterocycles. The number of carbonyl (C=O) groups is 5. The topological polar surface area (TPSA) is 101 Å². The van der Waals surface area contributed by atoms with Crippen LogP contribution in [-0.4, -0.2) is 46.0 Å². The number of hydrogen-bond donors (Lipinski definition) is 0. The molecule has 2 aliphatic rings. The Kier molecular flexibility index (Phi) is 8.68. The Bertz CT molecular complexity index is 1570. The molecule has 216 valence electrons.